The first kappa shape index (κ1) is 19.8. The van der Waals surface area contributed by atoms with Crippen LogP contribution in [0.15, 0.2) is 42.0 Å². The molecule has 0 aliphatic carbocycles. The molecule has 2 N–H and O–H groups in total. The molecule has 3 heterocycles. The first-order chi connectivity index (χ1) is 14.1. The van der Waals surface area contributed by atoms with Gasteiger partial charge in [-0.05, 0) is 24.0 Å². The fraction of sp³-hybridized carbons (Fsp3) is 0.381. The van der Waals surface area contributed by atoms with E-state index in [1.54, 1.807) is 16.3 Å². The standard InChI is InChI=1S/C21H25N5O2S/c1-25-13-17(11-23-25)21-24-19(14-29-21)20(28)22-10-15-2-4-16(5-3-15)12-26-8-6-18(27)7-9-26/h2-5,11,13-14,18,27H,6-10,12H2,1H3,(H,22,28). The third-order valence-electron chi connectivity index (χ3n) is 5.13. The molecule has 1 fully saturated rings. The number of aliphatic hydroxyl groups excluding tert-OH is 1. The summed E-state index contributed by atoms with van der Waals surface area (Å²) < 4.78 is 1.72. The zero-order valence-electron chi connectivity index (χ0n) is 16.4. The molecule has 1 saturated heterocycles. The lowest BCUT2D eigenvalue weighted by Crippen LogP contribution is -2.35. The van der Waals surface area contributed by atoms with Gasteiger partial charge < -0.3 is 10.4 Å². The topological polar surface area (TPSA) is 83.3 Å². The lowest BCUT2D eigenvalue weighted by atomic mass is 10.1. The summed E-state index contributed by atoms with van der Waals surface area (Å²) in [5.41, 5.74) is 3.64. The predicted octanol–water partition coefficient (Wildman–Crippen LogP) is 2.43. The number of carbonyl (C=O) groups is 1. The van der Waals surface area contributed by atoms with Crippen molar-refractivity contribution in [2.45, 2.75) is 32.0 Å². The number of hydrogen-bond donors (Lipinski definition) is 2. The van der Waals surface area contributed by atoms with Crippen molar-refractivity contribution in [2.24, 2.45) is 7.05 Å². The van der Waals surface area contributed by atoms with Gasteiger partial charge in [0, 0.05) is 50.4 Å². The maximum absolute atomic E-state index is 12.4. The van der Waals surface area contributed by atoms with Crippen LogP contribution in [0.2, 0.25) is 0 Å². The minimum Gasteiger partial charge on any atom is -0.393 e. The molecule has 0 spiro atoms. The predicted molar refractivity (Wildman–Crippen MR) is 112 cm³/mol. The largest absolute Gasteiger partial charge is 0.393 e. The van der Waals surface area contributed by atoms with E-state index in [1.807, 2.05) is 13.2 Å². The van der Waals surface area contributed by atoms with E-state index in [9.17, 15) is 9.90 Å². The first-order valence-corrected chi connectivity index (χ1v) is 10.7. The molecular formula is C21H25N5O2S. The highest BCUT2D eigenvalue weighted by atomic mass is 32.1. The Labute approximate surface area is 174 Å². The average molecular weight is 412 g/mol. The SMILES string of the molecule is Cn1cc(-c2nc(C(=O)NCc3ccc(CN4CCC(O)CC4)cc3)cs2)cn1. The molecule has 0 unspecified atom stereocenters. The number of hydrogen-bond acceptors (Lipinski definition) is 6. The summed E-state index contributed by atoms with van der Waals surface area (Å²) in [4.78, 5) is 19.2. The molecule has 1 aromatic carbocycles. The summed E-state index contributed by atoms with van der Waals surface area (Å²) in [5, 5.41) is 19.2. The Balaban J connectivity index is 1.29. The van der Waals surface area contributed by atoms with Crippen LogP contribution in [-0.4, -0.2) is 49.9 Å². The molecule has 29 heavy (non-hydrogen) atoms. The maximum Gasteiger partial charge on any atom is 0.271 e. The Morgan fingerprint density at radius 3 is 2.66 bits per heavy atom. The molecule has 1 amide bonds. The molecule has 152 valence electrons. The highest BCUT2D eigenvalue weighted by Gasteiger charge is 2.17. The number of nitrogens with one attached hydrogen (secondary N) is 1. The smallest absolute Gasteiger partial charge is 0.271 e. The molecule has 1 aliphatic rings. The second-order valence-electron chi connectivity index (χ2n) is 7.45. The Kier molecular flexibility index (Phi) is 6.03. The molecular weight excluding hydrogens is 386 g/mol. The van der Waals surface area contributed by atoms with Gasteiger partial charge in [-0.2, -0.15) is 5.10 Å². The summed E-state index contributed by atoms with van der Waals surface area (Å²) in [6.07, 6.45) is 5.18. The van der Waals surface area contributed by atoms with Crippen molar-refractivity contribution in [2.75, 3.05) is 13.1 Å². The molecule has 0 bridgehead atoms. The third-order valence-corrected chi connectivity index (χ3v) is 6.02. The van der Waals surface area contributed by atoms with E-state index in [-0.39, 0.29) is 12.0 Å². The van der Waals surface area contributed by atoms with Gasteiger partial charge in [0.05, 0.1) is 12.3 Å². The van der Waals surface area contributed by atoms with Crippen LogP contribution in [0.1, 0.15) is 34.5 Å². The first-order valence-electron chi connectivity index (χ1n) is 9.78. The molecule has 2 aromatic heterocycles. The van der Waals surface area contributed by atoms with Crippen LogP contribution in [0, 0.1) is 0 Å². The van der Waals surface area contributed by atoms with Gasteiger partial charge in [0.2, 0.25) is 0 Å². The highest BCUT2D eigenvalue weighted by Crippen LogP contribution is 2.23. The van der Waals surface area contributed by atoms with E-state index in [2.05, 4.69) is 44.6 Å². The van der Waals surface area contributed by atoms with Crippen LogP contribution in [0.4, 0.5) is 0 Å². The van der Waals surface area contributed by atoms with Crippen molar-refractivity contribution in [3.63, 3.8) is 0 Å². The molecule has 4 rings (SSSR count). The van der Waals surface area contributed by atoms with Crippen molar-refractivity contribution in [1.82, 2.24) is 25.0 Å². The monoisotopic (exact) mass is 411 g/mol. The Morgan fingerprint density at radius 2 is 1.97 bits per heavy atom. The van der Waals surface area contributed by atoms with Gasteiger partial charge in [-0.15, -0.1) is 11.3 Å². The number of aromatic nitrogens is 3. The number of thiazole rings is 1. The van der Waals surface area contributed by atoms with Crippen LogP contribution < -0.4 is 5.32 Å². The quantitative estimate of drug-likeness (QED) is 0.651. The van der Waals surface area contributed by atoms with Crippen molar-refractivity contribution < 1.29 is 9.90 Å². The second kappa shape index (κ2) is 8.86. The van der Waals surface area contributed by atoms with E-state index in [1.165, 1.54) is 16.9 Å². The van der Waals surface area contributed by atoms with Crippen molar-refractivity contribution in [3.05, 3.63) is 58.9 Å². The molecule has 8 heteroatoms. The fourth-order valence-electron chi connectivity index (χ4n) is 3.41. The molecule has 0 atom stereocenters. The van der Waals surface area contributed by atoms with Crippen LogP contribution in [-0.2, 0) is 20.1 Å². The van der Waals surface area contributed by atoms with Crippen molar-refractivity contribution >= 4 is 17.2 Å². The average Bonchev–Trinajstić information content (AvgIpc) is 3.38. The number of likely N-dealkylation sites (tertiary alicyclic amines) is 1. The van der Waals surface area contributed by atoms with Crippen LogP contribution in [0.3, 0.4) is 0 Å². The van der Waals surface area contributed by atoms with E-state index >= 15 is 0 Å². The van der Waals surface area contributed by atoms with Gasteiger partial charge in [0.15, 0.2) is 0 Å². The number of amides is 1. The number of nitrogens with zero attached hydrogens (tertiary/aromatic N) is 4. The van der Waals surface area contributed by atoms with E-state index in [0.29, 0.717) is 12.2 Å². The number of rotatable bonds is 6. The Bertz CT molecular complexity index is 958. The van der Waals surface area contributed by atoms with Gasteiger partial charge in [-0.1, -0.05) is 24.3 Å². The lowest BCUT2D eigenvalue weighted by Gasteiger charge is -2.29. The van der Waals surface area contributed by atoms with E-state index < -0.39 is 0 Å². The summed E-state index contributed by atoms with van der Waals surface area (Å²) >= 11 is 1.44. The fourth-order valence-corrected chi connectivity index (χ4v) is 4.19. The van der Waals surface area contributed by atoms with Crippen molar-refractivity contribution in [1.29, 1.82) is 0 Å². The number of carbonyl (C=O) groups excluding carboxylic acids is 1. The molecule has 3 aromatic rings. The van der Waals surface area contributed by atoms with E-state index in [0.717, 1.165) is 48.6 Å². The molecule has 7 nitrogen and oxygen atoms in total. The van der Waals surface area contributed by atoms with Gasteiger partial charge in [-0.25, -0.2) is 4.98 Å². The zero-order chi connectivity index (χ0) is 20.2. The zero-order valence-corrected chi connectivity index (χ0v) is 17.2. The Morgan fingerprint density at radius 1 is 1.24 bits per heavy atom. The normalized spacial score (nSPS) is 15.5. The summed E-state index contributed by atoms with van der Waals surface area (Å²) in [5.74, 6) is -0.174. The van der Waals surface area contributed by atoms with Gasteiger partial charge >= 0.3 is 0 Å². The van der Waals surface area contributed by atoms with Crippen LogP contribution in [0.25, 0.3) is 10.6 Å². The molecule has 0 radical (unpaired) electrons. The van der Waals surface area contributed by atoms with Crippen LogP contribution >= 0.6 is 11.3 Å². The minimum atomic E-state index is -0.174. The highest BCUT2D eigenvalue weighted by molar-refractivity contribution is 7.13. The molecule has 0 saturated carbocycles. The van der Waals surface area contributed by atoms with Crippen LogP contribution in [0.5, 0.6) is 0 Å². The third kappa shape index (κ3) is 5.09. The summed E-state index contributed by atoms with van der Waals surface area (Å²) in [6.45, 7) is 3.24. The van der Waals surface area contributed by atoms with Gasteiger partial charge in [0.25, 0.3) is 5.91 Å². The van der Waals surface area contributed by atoms with Gasteiger partial charge in [-0.3, -0.25) is 14.4 Å². The molecule has 1 aliphatic heterocycles. The number of aliphatic hydroxyl groups is 1. The number of piperidine rings is 1. The summed E-state index contributed by atoms with van der Waals surface area (Å²) in [7, 11) is 1.85. The minimum absolute atomic E-state index is 0.143. The van der Waals surface area contributed by atoms with E-state index in [4.69, 9.17) is 0 Å². The maximum atomic E-state index is 12.4. The van der Waals surface area contributed by atoms with Crippen molar-refractivity contribution in [3.8, 4) is 10.6 Å². The number of aryl methyl sites for hydroxylation is 1. The summed E-state index contributed by atoms with van der Waals surface area (Å²) in [6, 6.07) is 8.32. The Hall–Kier alpha value is -2.55. The van der Waals surface area contributed by atoms with Gasteiger partial charge in [0.1, 0.15) is 10.7 Å². The lowest BCUT2D eigenvalue weighted by molar-refractivity contribution is 0.0792. The second-order valence-corrected chi connectivity index (χ2v) is 8.31. The number of benzene rings is 1.